The first-order valence-electron chi connectivity index (χ1n) is 7.19. The molecule has 2 aromatic heterocycles. The molecular weight excluding hydrogens is 382 g/mol. The van der Waals surface area contributed by atoms with Crippen LogP contribution in [0, 0.1) is 0 Å². The van der Waals surface area contributed by atoms with Crippen LogP contribution in [0.25, 0.3) is 10.2 Å². The van der Waals surface area contributed by atoms with E-state index in [0.29, 0.717) is 31.8 Å². The number of nitrogens with zero attached hydrogens (tertiary/aromatic N) is 2. The van der Waals surface area contributed by atoms with E-state index in [4.69, 9.17) is 16.3 Å². The number of carbonyl (C=O) groups is 1. The molecule has 0 unspecified atom stereocenters. The number of hydrogen-bond donors (Lipinski definition) is 1. The second kappa shape index (κ2) is 7.47. The molecule has 6 nitrogen and oxygen atoms in total. The highest BCUT2D eigenvalue weighted by atomic mass is 35.5. The fourth-order valence-corrected chi connectivity index (χ4v) is 3.84. The molecule has 0 aliphatic heterocycles. The first-order valence-corrected chi connectivity index (χ1v) is 9.67. The lowest BCUT2D eigenvalue weighted by atomic mass is 10.3. The van der Waals surface area contributed by atoms with E-state index >= 15 is 0 Å². The molecule has 1 N–H and O–H groups in total. The molecule has 2 heterocycles. The van der Waals surface area contributed by atoms with Crippen LogP contribution < -0.4 is 15.6 Å². The monoisotopic (exact) mass is 395 g/mol. The number of halogens is 1. The van der Waals surface area contributed by atoms with Gasteiger partial charge in [-0.25, -0.2) is 4.98 Å². The quantitative estimate of drug-likeness (QED) is 0.529. The molecule has 0 radical (unpaired) electrons. The largest absolute Gasteiger partial charge is 0.495 e. The molecule has 0 aliphatic rings. The molecule has 0 aliphatic carbocycles. The highest BCUT2D eigenvalue weighted by molar-refractivity contribution is 7.98. The molecule has 130 valence electrons. The van der Waals surface area contributed by atoms with Gasteiger partial charge in [0.25, 0.3) is 5.56 Å². The second-order valence-electron chi connectivity index (χ2n) is 5.02. The van der Waals surface area contributed by atoms with Crippen LogP contribution in [0.2, 0.25) is 5.02 Å². The van der Waals surface area contributed by atoms with E-state index in [-0.39, 0.29) is 18.0 Å². The normalized spacial score (nSPS) is 10.8. The van der Waals surface area contributed by atoms with Gasteiger partial charge in [0, 0.05) is 5.02 Å². The van der Waals surface area contributed by atoms with Gasteiger partial charge in [-0.3, -0.25) is 14.2 Å². The Morgan fingerprint density at radius 2 is 2.24 bits per heavy atom. The van der Waals surface area contributed by atoms with Crippen molar-refractivity contribution in [1.29, 1.82) is 0 Å². The van der Waals surface area contributed by atoms with Gasteiger partial charge >= 0.3 is 0 Å². The summed E-state index contributed by atoms with van der Waals surface area (Å²) in [5, 5.41) is 5.50. The van der Waals surface area contributed by atoms with Crippen LogP contribution in [0.4, 0.5) is 5.69 Å². The summed E-state index contributed by atoms with van der Waals surface area (Å²) in [5.41, 5.74) is 0.869. The van der Waals surface area contributed by atoms with E-state index in [1.807, 2.05) is 11.6 Å². The third-order valence-corrected chi connectivity index (χ3v) is 5.25. The Balaban J connectivity index is 1.91. The number of carbonyl (C=O) groups excluding carboxylic acids is 1. The number of hydrogen-bond acceptors (Lipinski definition) is 6. The standard InChI is InChI=1S/C16H14ClN3O3S2/c1-23-12-4-3-9(17)7-11(12)18-13(21)8-20-15(22)14-10(5-6-25-14)19-16(20)24-2/h3-7H,8H2,1-2H3,(H,18,21). The minimum atomic E-state index is -0.365. The maximum atomic E-state index is 12.6. The lowest BCUT2D eigenvalue weighted by Crippen LogP contribution is -2.29. The first-order chi connectivity index (χ1) is 12.0. The SMILES string of the molecule is COc1ccc(Cl)cc1NC(=O)Cn1c(SC)nc2ccsc2c1=O. The molecule has 0 atom stereocenters. The number of rotatable bonds is 5. The van der Waals surface area contributed by atoms with E-state index in [1.165, 1.54) is 34.8 Å². The summed E-state index contributed by atoms with van der Waals surface area (Å²) in [6.07, 6.45) is 1.81. The highest BCUT2D eigenvalue weighted by Crippen LogP contribution is 2.27. The van der Waals surface area contributed by atoms with Crippen molar-refractivity contribution in [2.75, 3.05) is 18.7 Å². The fourth-order valence-electron chi connectivity index (χ4n) is 2.33. The van der Waals surface area contributed by atoms with Crippen molar-refractivity contribution in [3.63, 3.8) is 0 Å². The molecule has 0 spiro atoms. The van der Waals surface area contributed by atoms with Gasteiger partial charge in [-0.05, 0) is 35.9 Å². The summed E-state index contributed by atoms with van der Waals surface area (Å²) < 4.78 is 7.11. The Hall–Kier alpha value is -2.03. The van der Waals surface area contributed by atoms with Crippen molar-refractivity contribution in [2.24, 2.45) is 0 Å². The summed E-state index contributed by atoms with van der Waals surface area (Å²) in [6, 6.07) is 6.72. The number of aromatic nitrogens is 2. The Morgan fingerprint density at radius 1 is 1.44 bits per heavy atom. The molecule has 3 aromatic rings. The molecule has 3 rings (SSSR count). The minimum absolute atomic E-state index is 0.147. The number of benzene rings is 1. The van der Waals surface area contributed by atoms with Crippen LogP contribution in [0.5, 0.6) is 5.75 Å². The van der Waals surface area contributed by atoms with Crippen molar-refractivity contribution in [2.45, 2.75) is 11.7 Å². The minimum Gasteiger partial charge on any atom is -0.495 e. The number of methoxy groups -OCH3 is 1. The second-order valence-corrected chi connectivity index (χ2v) is 7.14. The van der Waals surface area contributed by atoms with Crippen LogP contribution in [0.1, 0.15) is 0 Å². The van der Waals surface area contributed by atoms with Crippen molar-refractivity contribution in [3.05, 3.63) is 45.0 Å². The summed E-state index contributed by atoms with van der Waals surface area (Å²) in [7, 11) is 1.50. The smallest absolute Gasteiger partial charge is 0.272 e. The third kappa shape index (κ3) is 3.65. The summed E-state index contributed by atoms with van der Waals surface area (Å²) in [6.45, 7) is -0.147. The molecular formula is C16H14ClN3O3S2. The molecule has 0 saturated carbocycles. The molecule has 0 saturated heterocycles. The maximum absolute atomic E-state index is 12.6. The topological polar surface area (TPSA) is 73.2 Å². The van der Waals surface area contributed by atoms with Gasteiger partial charge in [-0.1, -0.05) is 23.4 Å². The lowest BCUT2D eigenvalue weighted by Gasteiger charge is -2.13. The van der Waals surface area contributed by atoms with Crippen molar-refractivity contribution in [3.8, 4) is 5.75 Å². The number of thiophene rings is 1. The van der Waals surface area contributed by atoms with Crippen LogP contribution in [-0.2, 0) is 11.3 Å². The zero-order valence-corrected chi connectivity index (χ0v) is 15.8. The predicted molar refractivity (Wildman–Crippen MR) is 102 cm³/mol. The van der Waals surface area contributed by atoms with E-state index in [1.54, 1.807) is 24.3 Å². The first kappa shape index (κ1) is 17.8. The Labute approximate surface area is 156 Å². The maximum Gasteiger partial charge on any atom is 0.272 e. The van der Waals surface area contributed by atoms with Crippen LogP contribution >= 0.6 is 34.7 Å². The van der Waals surface area contributed by atoms with Gasteiger partial charge in [-0.2, -0.15) is 0 Å². The molecule has 1 amide bonds. The average molecular weight is 396 g/mol. The van der Waals surface area contributed by atoms with Gasteiger partial charge in [0.05, 0.1) is 18.3 Å². The third-order valence-electron chi connectivity index (χ3n) is 3.45. The van der Waals surface area contributed by atoms with Crippen molar-refractivity contribution in [1.82, 2.24) is 9.55 Å². The van der Waals surface area contributed by atoms with E-state index in [0.717, 1.165) is 0 Å². The van der Waals surface area contributed by atoms with Gasteiger partial charge in [-0.15, -0.1) is 11.3 Å². The van der Waals surface area contributed by atoms with E-state index in [2.05, 4.69) is 10.3 Å². The van der Waals surface area contributed by atoms with Gasteiger partial charge in [0.15, 0.2) is 5.16 Å². The Morgan fingerprint density at radius 3 is 2.96 bits per heavy atom. The highest BCUT2D eigenvalue weighted by Gasteiger charge is 2.15. The van der Waals surface area contributed by atoms with Crippen LogP contribution in [-0.4, -0.2) is 28.8 Å². The molecule has 0 bridgehead atoms. The molecule has 25 heavy (non-hydrogen) atoms. The summed E-state index contributed by atoms with van der Waals surface area (Å²) in [4.78, 5) is 29.5. The van der Waals surface area contributed by atoms with Crippen LogP contribution in [0.3, 0.4) is 0 Å². The average Bonchev–Trinajstić information content (AvgIpc) is 3.06. The van der Waals surface area contributed by atoms with Crippen molar-refractivity contribution < 1.29 is 9.53 Å². The number of anilines is 1. The van der Waals surface area contributed by atoms with Gasteiger partial charge < -0.3 is 10.1 Å². The van der Waals surface area contributed by atoms with E-state index in [9.17, 15) is 9.59 Å². The van der Waals surface area contributed by atoms with Gasteiger partial charge in [0.2, 0.25) is 5.91 Å². The number of thioether (sulfide) groups is 1. The lowest BCUT2D eigenvalue weighted by molar-refractivity contribution is -0.116. The van der Waals surface area contributed by atoms with Crippen molar-refractivity contribution >= 4 is 56.5 Å². The fraction of sp³-hybridized carbons (Fsp3) is 0.188. The Bertz CT molecular complexity index is 1000. The van der Waals surface area contributed by atoms with E-state index < -0.39 is 0 Å². The number of ether oxygens (including phenoxy) is 1. The molecule has 0 fully saturated rings. The zero-order valence-electron chi connectivity index (χ0n) is 13.4. The van der Waals surface area contributed by atoms with Crippen LogP contribution in [0.15, 0.2) is 39.6 Å². The van der Waals surface area contributed by atoms with Gasteiger partial charge in [0.1, 0.15) is 17.0 Å². The molecule has 9 heteroatoms. The number of nitrogens with one attached hydrogen (secondary N) is 1. The summed E-state index contributed by atoms with van der Waals surface area (Å²) in [5.74, 6) is 0.123. The summed E-state index contributed by atoms with van der Waals surface area (Å²) >= 11 is 8.60. The number of fused-ring (bicyclic) bond motifs is 1. The zero-order chi connectivity index (χ0) is 18.0. The predicted octanol–water partition coefficient (Wildman–Crippen LogP) is 3.48. The Kier molecular flexibility index (Phi) is 5.31. The number of amides is 1. The molecule has 1 aromatic carbocycles.